The third-order valence-corrected chi connectivity index (χ3v) is 4.51. The third-order valence-electron chi connectivity index (χ3n) is 3.05. The number of rotatable bonds is 7. The van der Waals surface area contributed by atoms with Gasteiger partial charge in [0.2, 0.25) is 10.0 Å². The zero-order chi connectivity index (χ0) is 14.4. The van der Waals surface area contributed by atoms with E-state index in [0.717, 1.165) is 23.7 Å². The van der Waals surface area contributed by atoms with Crippen molar-refractivity contribution < 1.29 is 8.42 Å². The molecule has 0 aliphatic heterocycles. The van der Waals surface area contributed by atoms with Crippen molar-refractivity contribution in [3.63, 3.8) is 0 Å². The lowest BCUT2D eigenvalue weighted by Gasteiger charge is -2.08. The molecule has 21 heavy (non-hydrogen) atoms. The SMILES string of the molecule is CCCNCCNS(=O)(=O)c1ccc2ccccc2c1.Cl. The molecular formula is C15H21ClN2O2S. The maximum atomic E-state index is 12.2. The van der Waals surface area contributed by atoms with Crippen LogP contribution in [0.4, 0.5) is 0 Å². The molecule has 0 aliphatic carbocycles. The topological polar surface area (TPSA) is 58.2 Å². The normalized spacial score (nSPS) is 11.3. The van der Waals surface area contributed by atoms with Gasteiger partial charge >= 0.3 is 0 Å². The number of nitrogens with one attached hydrogen (secondary N) is 2. The van der Waals surface area contributed by atoms with Crippen LogP contribution in [0.3, 0.4) is 0 Å². The average molecular weight is 329 g/mol. The van der Waals surface area contributed by atoms with Crippen LogP contribution in [-0.4, -0.2) is 28.1 Å². The lowest BCUT2D eigenvalue weighted by atomic mass is 10.1. The lowest BCUT2D eigenvalue weighted by Crippen LogP contribution is -2.32. The molecule has 0 heterocycles. The summed E-state index contributed by atoms with van der Waals surface area (Å²) in [5.41, 5.74) is 0. The monoisotopic (exact) mass is 328 g/mol. The maximum absolute atomic E-state index is 12.2. The minimum atomic E-state index is -3.43. The minimum Gasteiger partial charge on any atom is -0.315 e. The molecule has 116 valence electrons. The molecule has 0 aliphatic rings. The van der Waals surface area contributed by atoms with E-state index >= 15 is 0 Å². The Kier molecular flexibility index (Phi) is 7.11. The first-order valence-corrected chi connectivity index (χ1v) is 8.31. The van der Waals surface area contributed by atoms with Crippen molar-refractivity contribution in [1.29, 1.82) is 0 Å². The zero-order valence-electron chi connectivity index (χ0n) is 12.0. The van der Waals surface area contributed by atoms with Gasteiger partial charge in [-0.25, -0.2) is 13.1 Å². The highest BCUT2D eigenvalue weighted by atomic mass is 35.5. The number of fused-ring (bicyclic) bond motifs is 1. The Balaban J connectivity index is 0.00000220. The summed E-state index contributed by atoms with van der Waals surface area (Å²) < 4.78 is 26.9. The van der Waals surface area contributed by atoms with Crippen LogP contribution in [0.25, 0.3) is 10.8 Å². The summed E-state index contributed by atoms with van der Waals surface area (Å²) in [5, 5.41) is 5.13. The van der Waals surface area contributed by atoms with Gasteiger partial charge in [0, 0.05) is 13.1 Å². The van der Waals surface area contributed by atoms with Gasteiger partial charge in [0.1, 0.15) is 0 Å². The van der Waals surface area contributed by atoms with Crippen LogP contribution in [0.2, 0.25) is 0 Å². The smallest absolute Gasteiger partial charge is 0.240 e. The van der Waals surface area contributed by atoms with Gasteiger partial charge in [0.15, 0.2) is 0 Å². The maximum Gasteiger partial charge on any atom is 0.240 e. The number of hydrogen-bond donors (Lipinski definition) is 2. The Bertz CT molecular complexity index is 674. The van der Waals surface area contributed by atoms with Gasteiger partial charge in [0.05, 0.1) is 4.90 Å². The summed E-state index contributed by atoms with van der Waals surface area (Å²) in [4.78, 5) is 0.312. The summed E-state index contributed by atoms with van der Waals surface area (Å²) in [6.07, 6.45) is 1.04. The molecule has 0 saturated carbocycles. The molecule has 4 nitrogen and oxygen atoms in total. The third kappa shape index (κ3) is 4.97. The van der Waals surface area contributed by atoms with Crippen molar-refractivity contribution in [2.24, 2.45) is 0 Å². The van der Waals surface area contributed by atoms with Crippen molar-refractivity contribution in [3.05, 3.63) is 42.5 Å². The van der Waals surface area contributed by atoms with Gasteiger partial charge in [-0.3, -0.25) is 0 Å². The van der Waals surface area contributed by atoms with Crippen LogP contribution in [-0.2, 0) is 10.0 Å². The molecule has 2 rings (SSSR count). The van der Waals surface area contributed by atoms with E-state index in [2.05, 4.69) is 17.0 Å². The largest absolute Gasteiger partial charge is 0.315 e. The van der Waals surface area contributed by atoms with E-state index in [1.165, 1.54) is 0 Å². The van der Waals surface area contributed by atoms with Gasteiger partial charge in [-0.15, -0.1) is 12.4 Å². The van der Waals surface area contributed by atoms with Gasteiger partial charge in [-0.05, 0) is 35.9 Å². The number of halogens is 1. The van der Waals surface area contributed by atoms with Gasteiger partial charge in [-0.1, -0.05) is 37.3 Å². The lowest BCUT2D eigenvalue weighted by molar-refractivity contribution is 0.575. The molecule has 0 amide bonds. The Morgan fingerprint density at radius 1 is 0.952 bits per heavy atom. The number of benzene rings is 2. The van der Waals surface area contributed by atoms with Gasteiger partial charge < -0.3 is 5.32 Å². The summed E-state index contributed by atoms with van der Waals surface area (Å²) in [6, 6.07) is 12.9. The van der Waals surface area contributed by atoms with E-state index in [1.54, 1.807) is 12.1 Å². The zero-order valence-corrected chi connectivity index (χ0v) is 13.6. The van der Waals surface area contributed by atoms with Crippen LogP contribution in [0.5, 0.6) is 0 Å². The first-order chi connectivity index (χ1) is 9.63. The first kappa shape index (κ1) is 17.9. The summed E-state index contributed by atoms with van der Waals surface area (Å²) in [7, 11) is -3.43. The molecule has 2 aromatic carbocycles. The van der Waals surface area contributed by atoms with Gasteiger partial charge in [-0.2, -0.15) is 0 Å². The summed E-state index contributed by atoms with van der Waals surface area (Å²) in [5.74, 6) is 0. The van der Waals surface area contributed by atoms with E-state index in [9.17, 15) is 8.42 Å². The van der Waals surface area contributed by atoms with Crippen LogP contribution in [0.1, 0.15) is 13.3 Å². The van der Waals surface area contributed by atoms with Crippen LogP contribution >= 0.6 is 12.4 Å². The van der Waals surface area contributed by atoms with Crippen molar-refractivity contribution in [2.45, 2.75) is 18.2 Å². The molecule has 2 aromatic rings. The first-order valence-electron chi connectivity index (χ1n) is 6.82. The van der Waals surface area contributed by atoms with E-state index in [1.807, 2.05) is 30.3 Å². The molecule has 0 fully saturated rings. The molecule has 0 unspecified atom stereocenters. The Morgan fingerprint density at radius 2 is 1.67 bits per heavy atom. The van der Waals surface area contributed by atoms with E-state index in [4.69, 9.17) is 0 Å². The standard InChI is InChI=1S/C15H20N2O2S.ClH/c1-2-9-16-10-11-17-20(18,19)15-8-7-13-5-3-4-6-14(13)12-15;/h3-8,12,16-17H,2,9-11H2,1H3;1H. The second-order valence-electron chi connectivity index (χ2n) is 4.66. The summed E-state index contributed by atoms with van der Waals surface area (Å²) in [6.45, 7) is 4.01. The highest BCUT2D eigenvalue weighted by molar-refractivity contribution is 7.89. The predicted octanol–water partition coefficient (Wildman–Crippen LogP) is 2.54. The van der Waals surface area contributed by atoms with Crippen molar-refractivity contribution in [3.8, 4) is 0 Å². The summed E-state index contributed by atoms with van der Waals surface area (Å²) >= 11 is 0. The molecule has 2 N–H and O–H groups in total. The Labute approximate surface area is 132 Å². The van der Waals surface area contributed by atoms with Crippen LogP contribution < -0.4 is 10.0 Å². The van der Waals surface area contributed by atoms with Gasteiger partial charge in [0.25, 0.3) is 0 Å². The molecule has 0 atom stereocenters. The second-order valence-corrected chi connectivity index (χ2v) is 6.42. The van der Waals surface area contributed by atoms with Crippen molar-refractivity contribution in [2.75, 3.05) is 19.6 Å². The molecule has 0 saturated heterocycles. The van der Waals surface area contributed by atoms with Crippen molar-refractivity contribution in [1.82, 2.24) is 10.0 Å². The Morgan fingerprint density at radius 3 is 2.38 bits per heavy atom. The van der Waals surface area contributed by atoms with E-state index in [-0.39, 0.29) is 12.4 Å². The average Bonchev–Trinajstić information content (AvgIpc) is 2.46. The molecule has 0 bridgehead atoms. The highest BCUT2D eigenvalue weighted by Gasteiger charge is 2.13. The van der Waals surface area contributed by atoms with Crippen LogP contribution in [0.15, 0.2) is 47.4 Å². The fourth-order valence-corrected chi connectivity index (χ4v) is 3.06. The fraction of sp³-hybridized carbons (Fsp3) is 0.333. The number of sulfonamides is 1. The molecule has 6 heteroatoms. The predicted molar refractivity (Wildman–Crippen MR) is 89.5 cm³/mol. The molecule has 0 aromatic heterocycles. The minimum absolute atomic E-state index is 0. The fourth-order valence-electron chi connectivity index (χ4n) is 1.99. The molecular weight excluding hydrogens is 308 g/mol. The molecule has 0 radical (unpaired) electrons. The highest BCUT2D eigenvalue weighted by Crippen LogP contribution is 2.18. The van der Waals surface area contributed by atoms with Crippen molar-refractivity contribution >= 4 is 33.2 Å². The Hall–Kier alpha value is -1.14. The van der Waals surface area contributed by atoms with E-state index in [0.29, 0.717) is 18.0 Å². The van der Waals surface area contributed by atoms with E-state index < -0.39 is 10.0 Å². The quantitative estimate of drug-likeness (QED) is 0.768. The number of hydrogen-bond acceptors (Lipinski definition) is 3. The van der Waals surface area contributed by atoms with Crippen LogP contribution in [0, 0.1) is 0 Å². The molecule has 0 spiro atoms. The second kappa shape index (κ2) is 8.34.